The number of H-pyrrole nitrogens is 5. The minimum Gasteiger partial charge on any atom is -0.398 e. The topological polar surface area (TPSA) is 234 Å². The van der Waals surface area contributed by atoms with Gasteiger partial charge in [-0.25, -0.2) is 4.39 Å². The molecule has 0 atom stereocenters. The van der Waals surface area contributed by atoms with Gasteiger partial charge < -0.3 is 5.73 Å². The summed E-state index contributed by atoms with van der Waals surface area (Å²) in [6.07, 6.45) is 38.5. The largest absolute Gasteiger partial charge is 0.398 e. The fourth-order valence-electron chi connectivity index (χ4n) is 15.4. The number of rotatable bonds is 15. The number of nitrogen functional groups attached to an aromatic ring is 1. The van der Waals surface area contributed by atoms with E-state index in [0.717, 1.165) is 177 Å². The molecule has 0 unspecified atom stereocenters. The Morgan fingerprint density at radius 3 is 1.02 bits per heavy atom. The first-order valence-electron chi connectivity index (χ1n) is 41.7. The smallest absolute Gasteiger partial charge is 0.131 e. The second-order valence-corrected chi connectivity index (χ2v) is 30.9. The summed E-state index contributed by atoms with van der Waals surface area (Å²) < 4.78 is 14.5. The van der Waals surface area contributed by atoms with Crippen LogP contribution in [0.2, 0.25) is 5.02 Å². The lowest BCUT2D eigenvalue weighted by Crippen LogP contribution is -1.90. The van der Waals surface area contributed by atoms with Gasteiger partial charge in [0.1, 0.15) is 5.82 Å². The van der Waals surface area contributed by atoms with Gasteiger partial charge in [0.05, 0.1) is 61.1 Å². The molecule has 0 aliphatic carbocycles. The lowest BCUT2D eigenvalue weighted by Gasteiger charge is -2.08. The van der Waals surface area contributed by atoms with Crippen molar-refractivity contribution in [3.8, 4) is 55.6 Å². The fraction of sp³-hybridized carbons (Fsp3) is 0.0182. The number of anilines is 1. The molecule has 10 heterocycles. The number of nitrogens with zero attached hydrogens (tertiary/aromatic N) is 10. The number of hydrogen-bond acceptors (Lipinski definition) is 11. The minimum atomic E-state index is -0.244. The van der Waals surface area contributed by atoms with Crippen molar-refractivity contribution in [1.29, 1.82) is 0 Å². The van der Waals surface area contributed by atoms with E-state index < -0.39 is 0 Å². The summed E-state index contributed by atoms with van der Waals surface area (Å²) in [6, 6.07) is 99.0. The van der Waals surface area contributed by atoms with Crippen LogP contribution in [0.25, 0.3) is 192 Å². The molecule has 0 bridgehead atoms. The van der Waals surface area contributed by atoms with Gasteiger partial charge in [-0.3, -0.25) is 50.4 Å². The number of hydrogen-bond donors (Lipinski definition) is 6. The van der Waals surface area contributed by atoms with Crippen LogP contribution < -0.4 is 5.73 Å². The van der Waals surface area contributed by atoms with Crippen LogP contribution in [0.1, 0.15) is 67.4 Å². The molecule has 0 aliphatic heterocycles. The van der Waals surface area contributed by atoms with Crippen LogP contribution in [0.4, 0.5) is 10.1 Å². The molecule has 128 heavy (non-hydrogen) atoms. The minimum absolute atomic E-state index is 0.244. The van der Waals surface area contributed by atoms with Gasteiger partial charge in [0.25, 0.3) is 0 Å². The molecule has 7 N–H and O–H groups in total. The van der Waals surface area contributed by atoms with Crippen LogP contribution in [-0.4, -0.2) is 75.9 Å². The molecular weight excluding hydrogens is 1600 g/mol. The Kier molecular flexibility index (Phi) is 24.7. The molecule has 16 nitrogen and oxygen atoms in total. The third kappa shape index (κ3) is 18.9. The first kappa shape index (κ1) is 82.0. The second kappa shape index (κ2) is 38.6. The Bertz CT molecular complexity index is 7420. The van der Waals surface area contributed by atoms with Gasteiger partial charge in [0.2, 0.25) is 0 Å². The molecule has 616 valence electrons. The van der Waals surface area contributed by atoms with Gasteiger partial charge in [0, 0.05) is 133 Å². The molecule has 0 amide bonds. The Labute approximate surface area is 742 Å². The highest BCUT2D eigenvalue weighted by Crippen LogP contribution is 2.38. The third-order valence-electron chi connectivity index (χ3n) is 22.1. The molecule has 0 fully saturated rings. The van der Waals surface area contributed by atoms with E-state index in [0.29, 0.717) is 10.4 Å². The Balaban J connectivity index is 0.000000108. The second-order valence-electron chi connectivity index (χ2n) is 30.5. The monoisotopic (exact) mass is 1680 g/mol. The van der Waals surface area contributed by atoms with E-state index in [1.54, 1.807) is 36.9 Å². The van der Waals surface area contributed by atoms with Crippen molar-refractivity contribution in [3.05, 3.63) is 437 Å². The number of nitrogens with two attached hydrogens (primary N) is 1. The SMILES string of the molecule is Cc1ccncc1-c1ccc2[nH]nc(/C=C/c3ccccc3)c2c1.Cc1cnccc1-c1ccc2[nH]nc(/C=C/c3ccccc3)c2c1.Clc1ccncc1-c1ccc2[nH]nc(/C=C/c3ccccc3)c2c1.Fc1cccc2cncc(-c3ccc4[nH]nc(/C=C/c5ccccc5)c4c3)c12.Nc1cccc2c(-c3ccc4[nH]nc(/C=C/c5ccccc5)c4c3)cncc12. The Morgan fingerprint density at radius 1 is 0.266 bits per heavy atom. The van der Waals surface area contributed by atoms with E-state index in [1.165, 1.54) is 28.3 Å². The maximum absolute atomic E-state index is 14.5. The van der Waals surface area contributed by atoms with Crippen molar-refractivity contribution in [1.82, 2.24) is 75.9 Å². The zero-order valence-electron chi connectivity index (χ0n) is 69.6. The van der Waals surface area contributed by atoms with Gasteiger partial charge in [-0.15, -0.1) is 0 Å². The maximum atomic E-state index is 14.5. The predicted molar refractivity (Wildman–Crippen MR) is 527 cm³/mol. The van der Waals surface area contributed by atoms with Crippen molar-refractivity contribution in [3.63, 3.8) is 0 Å². The number of aromatic amines is 5. The van der Waals surface area contributed by atoms with Gasteiger partial charge in [-0.1, -0.05) is 248 Å². The molecule has 0 spiro atoms. The number of nitrogens with one attached hydrogen (secondary N) is 5. The molecule has 0 aliphatic rings. The molecule has 0 radical (unpaired) electrons. The number of halogens is 2. The first-order chi connectivity index (χ1) is 63.0. The van der Waals surface area contributed by atoms with Crippen LogP contribution in [0.5, 0.6) is 0 Å². The number of benzene rings is 12. The summed E-state index contributed by atoms with van der Waals surface area (Å²) in [7, 11) is 0. The van der Waals surface area contributed by atoms with E-state index in [-0.39, 0.29) is 5.82 Å². The highest BCUT2D eigenvalue weighted by Gasteiger charge is 2.17. The third-order valence-corrected chi connectivity index (χ3v) is 22.4. The molecule has 12 aromatic carbocycles. The first-order valence-corrected chi connectivity index (χ1v) is 42.0. The van der Waals surface area contributed by atoms with Gasteiger partial charge >= 0.3 is 0 Å². The summed E-state index contributed by atoms with van der Waals surface area (Å²) in [5.74, 6) is -0.244. The number of aromatic nitrogens is 15. The summed E-state index contributed by atoms with van der Waals surface area (Å²) in [5, 5.41) is 47.1. The quantitative estimate of drug-likeness (QED) is 0.0528. The lowest BCUT2D eigenvalue weighted by atomic mass is 9.98. The van der Waals surface area contributed by atoms with Crippen molar-refractivity contribution >= 4 is 154 Å². The molecular formula is C110H82ClFN16. The average Bonchev–Trinajstić information content (AvgIpc) is 1.25. The lowest BCUT2D eigenvalue weighted by molar-refractivity contribution is 0.640. The van der Waals surface area contributed by atoms with Crippen molar-refractivity contribution in [2.45, 2.75) is 13.8 Å². The highest BCUT2D eigenvalue weighted by molar-refractivity contribution is 6.33. The number of fused-ring (bicyclic) bond motifs is 7. The predicted octanol–water partition coefficient (Wildman–Crippen LogP) is 27.3. The Morgan fingerprint density at radius 2 is 0.609 bits per heavy atom. The van der Waals surface area contributed by atoms with E-state index in [2.05, 4.69) is 241 Å². The summed E-state index contributed by atoms with van der Waals surface area (Å²) in [4.78, 5) is 21.3. The molecule has 18 heteroatoms. The van der Waals surface area contributed by atoms with E-state index in [4.69, 9.17) is 17.3 Å². The van der Waals surface area contributed by atoms with Gasteiger partial charge in [-0.2, -0.15) is 25.5 Å². The van der Waals surface area contributed by atoms with Crippen LogP contribution in [0, 0.1) is 19.7 Å². The summed E-state index contributed by atoms with van der Waals surface area (Å²) in [6.45, 7) is 4.19. The van der Waals surface area contributed by atoms with Crippen molar-refractivity contribution in [2.24, 2.45) is 0 Å². The van der Waals surface area contributed by atoms with E-state index in [1.807, 2.05) is 225 Å². The number of pyridine rings is 5. The maximum Gasteiger partial charge on any atom is 0.131 e. The van der Waals surface area contributed by atoms with Gasteiger partial charge in [-0.05, 0) is 213 Å². The van der Waals surface area contributed by atoms with E-state index in [9.17, 15) is 4.39 Å². The molecule has 0 saturated carbocycles. The Hall–Kier alpha value is -17.0. The highest BCUT2D eigenvalue weighted by atomic mass is 35.5. The fourth-order valence-corrected chi connectivity index (χ4v) is 15.6. The van der Waals surface area contributed by atoms with Crippen molar-refractivity contribution in [2.75, 3.05) is 5.73 Å². The van der Waals surface area contributed by atoms with Crippen LogP contribution in [-0.2, 0) is 0 Å². The summed E-state index contributed by atoms with van der Waals surface area (Å²) >= 11 is 6.29. The molecule has 0 saturated heterocycles. The van der Waals surface area contributed by atoms with E-state index >= 15 is 0 Å². The average molecular weight is 1680 g/mol. The van der Waals surface area contributed by atoms with Crippen LogP contribution >= 0.6 is 11.6 Å². The molecule has 10 aromatic heterocycles. The summed E-state index contributed by atoms with van der Waals surface area (Å²) in [5.41, 5.74) is 35.0. The molecule has 22 rings (SSSR count). The normalized spacial score (nSPS) is 11.5. The van der Waals surface area contributed by atoms with Crippen molar-refractivity contribution < 1.29 is 4.39 Å². The zero-order chi connectivity index (χ0) is 86.9. The van der Waals surface area contributed by atoms with Crippen LogP contribution in [0.15, 0.2) is 359 Å². The number of aryl methyl sites for hydroxylation is 2. The van der Waals surface area contributed by atoms with Crippen LogP contribution in [0.3, 0.4) is 0 Å². The standard InChI is InChI=1S/C24H16FN3.C24H18N4.2C21H17N3.C20H14ClN3/c25-21-8-4-7-18-14-26-15-20(24(18)21)17-10-12-23-19(13-17)22(27-28-23)11-9-16-5-2-1-3-6-16;25-22-8-4-7-18-20(14-26-15-21(18)22)17-10-12-24-19(13-17)23(27-28-24)11-9-16-5-2-1-3-6-16;1-15-14-22-12-11-18(15)17-8-10-21-19(13-17)20(23-24-21)9-7-16-5-3-2-4-6-16;1-15-11-12-22-14-19(15)17-8-10-21-18(13-17)20(23-24-21)9-7-16-5-3-2-4-6-16;21-18-10-11-22-13-17(18)15-7-9-20-16(12-15)19(23-24-20)8-6-14-4-2-1-3-5-14/h1-15H,(H,27,28);1-15H,25H2,(H,27,28);2*2-14H,1H3,(H,23,24);1-13H,(H,23,24)/b2*11-9+;2*9-7+;8-6+. The molecule has 22 aromatic rings. The van der Waals surface area contributed by atoms with Gasteiger partial charge in [0.15, 0.2) is 0 Å². The zero-order valence-corrected chi connectivity index (χ0v) is 70.4.